The molecule has 0 radical (unpaired) electrons. The van der Waals surface area contributed by atoms with Crippen LogP contribution < -0.4 is 5.32 Å². The minimum atomic E-state index is -0.151. The van der Waals surface area contributed by atoms with Crippen LogP contribution in [-0.2, 0) is 11.3 Å². The molecule has 2 aromatic rings. The highest BCUT2D eigenvalue weighted by molar-refractivity contribution is 5.92. The third-order valence-corrected chi connectivity index (χ3v) is 3.94. The molecule has 1 fully saturated rings. The van der Waals surface area contributed by atoms with Crippen molar-refractivity contribution >= 4 is 11.8 Å². The molecule has 6 nitrogen and oxygen atoms in total. The van der Waals surface area contributed by atoms with Gasteiger partial charge in [-0.15, -0.1) is 0 Å². The number of benzene rings is 1. The highest BCUT2D eigenvalue weighted by Crippen LogP contribution is 2.28. The zero-order chi connectivity index (χ0) is 16.8. The van der Waals surface area contributed by atoms with Crippen LogP contribution in [0.3, 0.4) is 0 Å². The highest BCUT2D eigenvalue weighted by Gasteiger charge is 2.33. The molecule has 0 aliphatic heterocycles. The molecule has 1 heterocycles. The average Bonchev–Trinajstić information content (AvgIpc) is 3.46. The monoisotopic (exact) mass is 324 g/mol. The Morgan fingerprint density at radius 2 is 1.96 bits per heavy atom. The zero-order valence-electron chi connectivity index (χ0n) is 13.4. The number of carbonyl (C=O) groups is 2. The first-order chi connectivity index (χ1) is 11.7. The minimum absolute atomic E-state index is 0.0588. The fourth-order valence-electron chi connectivity index (χ4n) is 2.50. The maximum absolute atomic E-state index is 12.5. The van der Waals surface area contributed by atoms with E-state index in [4.69, 9.17) is 0 Å². The molecular formula is C18H20N4O2. The van der Waals surface area contributed by atoms with Gasteiger partial charge in [0.15, 0.2) is 0 Å². The summed E-state index contributed by atoms with van der Waals surface area (Å²) in [4.78, 5) is 34.3. The molecule has 24 heavy (non-hydrogen) atoms. The van der Waals surface area contributed by atoms with Crippen molar-refractivity contribution in [1.29, 1.82) is 0 Å². The highest BCUT2D eigenvalue weighted by atomic mass is 16.2. The van der Waals surface area contributed by atoms with Gasteiger partial charge < -0.3 is 10.2 Å². The molecule has 0 saturated heterocycles. The Hall–Kier alpha value is -2.76. The molecule has 1 aromatic heterocycles. The summed E-state index contributed by atoms with van der Waals surface area (Å²) in [5, 5.41) is 2.89. The number of nitrogens with one attached hydrogen (secondary N) is 1. The van der Waals surface area contributed by atoms with Gasteiger partial charge in [-0.1, -0.05) is 30.3 Å². The van der Waals surface area contributed by atoms with Crippen LogP contribution in [0, 0.1) is 0 Å². The molecule has 1 N–H and O–H groups in total. The van der Waals surface area contributed by atoms with Crippen molar-refractivity contribution in [3.8, 4) is 0 Å². The molecule has 1 aliphatic rings. The Labute approximate surface area is 140 Å². The van der Waals surface area contributed by atoms with Gasteiger partial charge in [0.2, 0.25) is 5.91 Å². The number of aromatic nitrogens is 2. The molecule has 0 unspecified atom stereocenters. The van der Waals surface area contributed by atoms with Gasteiger partial charge in [0.05, 0.1) is 6.20 Å². The lowest BCUT2D eigenvalue weighted by atomic mass is 10.2. The topological polar surface area (TPSA) is 75.2 Å². The van der Waals surface area contributed by atoms with Gasteiger partial charge in [-0.25, -0.2) is 4.98 Å². The van der Waals surface area contributed by atoms with Crippen molar-refractivity contribution in [2.75, 3.05) is 6.54 Å². The van der Waals surface area contributed by atoms with Crippen molar-refractivity contribution in [1.82, 2.24) is 20.2 Å². The smallest absolute Gasteiger partial charge is 0.274 e. The van der Waals surface area contributed by atoms with E-state index in [1.807, 2.05) is 30.3 Å². The van der Waals surface area contributed by atoms with E-state index in [9.17, 15) is 9.59 Å². The number of nitrogens with zero attached hydrogens (tertiary/aromatic N) is 3. The normalized spacial score (nSPS) is 13.3. The Bertz CT molecular complexity index is 687. The third kappa shape index (κ3) is 4.38. The summed E-state index contributed by atoms with van der Waals surface area (Å²) in [5.74, 6) is -0.210. The van der Waals surface area contributed by atoms with Gasteiger partial charge >= 0.3 is 0 Å². The van der Waals surface area contributed by atoms with E-state index in [-0.39, 0.29) is 24.3 Å². The second kappa shape index (κ2) is 7.68. The van der Waals surface area contributed by atoms with Gasteiger partial charge in [0.1, 0.15) is 5.69 Å². The minimum Gasteiger partial charge on any atom is -0.352 e. The summed E-state index contributed by atoms with van der Waals surface area (Å²) in [6.45, 7) is 0.905. The van der Waals surface area contributed by atoms with E-state index in [2.05, 4.69) is 15.3 Å². The lowest BCUT2D eigenvalue weighted by Crippen LogP contribution is -2.37. The predicted octanol–water partition coefficient (Wildman–Crippen LogP) is 1.79. The summed E-state index contributed by atoms with van der Waals surface area (Å²) in [6, 6.07) is 9.98. The Morgan fingerprint density at radius 3 is 2.62 bits per heavy atom. The summed E-state index contributed by atoms with van der Waals surface area (Å²) in [7, 11) is 0. The maximum Gasteiger partial charge on any atom is 0.274 e. The number of rotatable bonds is 7. The molecule has 3 rings (SSSR count). The van der Waals surface area contributed by atoms with Crippen molar-refractivity contribution in [3.63, 3.8) is 0 Å². The van der Waals surface area contributed by atoms with Crippen LogP contribution in [0.2, 0.25) is 0 Å². The Kier molecular flexibility index (Phi) is 5.15. The van der Waals surface area contributed by atoms with E-state index < -0.39 is 0 Å². The molecular weight excluding hydrogens is 304 g/mol. The van der Waals surface area contributed by atoms with Crippen LogP contribution in [-0.4, -0.2) is 39.3 Å². The van der Waals surface area contributed by atoms with Gasteiger partial charge in [-0.3, -0.25) is 14.6 Å². The maximum atomic E-state index is 12.5. The largest absolute Gasteiger partial charge is 0.352 e. The molecule has 2 amide bonds. The van der Waals surface area contributed by atoms with Gasteiger partial charge in [0, 0.05) is 37.9 Å². The Balaban J connectivity index is 1.51. The van der Waals surface area contributed by atoms with E-state index in [0.29, 0.717) is 18.8 Å². The van der Waals surface area contributed by atoms with Crippen LogP contribution in [0.1, 0.15) is 35.3 Å². The number of carbonyl (C=O) groups excluding carboxylic acids is 2. The van der Waals surface area contributed by atoms with E-state index >= 15 is 0 Å². The molecule has 124 valence electrons. The van der Waals surface area contributed by atoms with Crippen LogP contribution in [0.15, 0.2) is 48.9 Å². The first kappa shape index (κ1) is 16.1. The van der Waals surface area contributed by atoms with Crippen LogP contribution in [0.5, 0.6) is 0 Å². The van der Waals surface area contributed by atoms with E-state index in [0.717, 1.165) is 18.4 Å². The molecule has 0 spiro atoms. The average molecular weight is 324 g/mol. The number of hydrogen-bond acceptors (Lipinski definition) is 4. The SMILES string of the molecule is O=C(CCN(C(=O)c1cnccn1)C1CC1)NCc1ccccc1. The molecule has 1 saturated carbocycles. The summed E-state index contributed by atoms with van der Waals surface area (Å²) >= 11 is 0. The fraction of sp³-hybridized carbons (Fsp3) is 0.333. The van der Waals surface area contributed by atoms with Crippen molar-refractivity contribution in [2.45, 2.75) is 31.8 Å². The molecule has 1 aromatic carbocycles. The number of hydrogen-bond donors (Lipinski definition) is 1. The fourth-order valence-corrected chi connectivity index (χ4v) is 2.50. The second-order valence-corrected chi connectivity index (χ2v) is 5.83. The standard InChI is InChI=1S/C18H20N4O2/c23-17(21-12-14-4-2-1-3-5-14)8-11-22(15-6-7-15)18(24)16-13-19-9-10-20-16/h1-5,9-10,13,15H,6-8,11-12H2,(H,21,23). The van der Waals surface area contributed by atoms with Gasteiger partial charge in [-0.05, 0) is 18.4 Å². The second-order valence-electron chi connectivity index (χ2n) is 5.83. The van der Waals surface area contributed by atoms with E-state index in [1.165, 1.54) is 18.6 Å². The van der Waals surface area contributed by atoms with Crippen LogP contribution >= 0.6 is 0 Å². The Morgan fingerprint density at radius 1 is 1.17 bits per heavy atom. The first-order valence-corrected chi connectivity index (χ1v) is 8.11. The van der Waals surface area contributed by atoms with Gasteiger partial charge in [-0.2, -0.15) is 0 Å². The van der Waals surface area contributed by atoms with Crippen molar-refractivity contribution < 1.29 is 9.59 Å². The molecule has 0 bridgehead atoms. The molecule has 6 heteroatoms. The zero-order valence-corrected chi connectivity index (χ0v) is 13.4. The predicted molar refractivity (Wildman–Crippen MR) is 89.0 cm³/mol. The quantitative estimate of drug-likeness (QED) is 0.842. The van der Waals surface area contributed by atoms with Gasteiger partial charge in [0.25, 0.3) is 5.91 Å². The molecule has 0 atom stereocenters. The van der Waals surface area contributed by atoms with Crippen molar-refractivity contribution in [3.05, 3.63) is 60.2 Å². The summed E-state index contributed by atoms with van der Waals surface area (Å²) in [5.41, 5.74) is 1.38. The van der Waals surface area contributed by atoms with Crippen LogP contribution in [0.25, 0.3) is 0 Å². The van der Waals surface area contributed by atoms with E-state index in [1.54, 1.807) is 4.90 Å². The third-order valence-electron chi connectivity index (χ3n) is 3.94. The summed E-state index contributed by atoms with van der Waals surface area (Å²) < 4.78 is 0. The first-order valence-electron chi connectivity index (χ1n) is 8.11. The number of amides is 2. The lowest BCUT2D eigenvalue weighted by Gasteiger charge is -2.21. The molecule has 1 aliphatic carbocycles. The van der Waals surface area contributed by atoms with Crippen molar-refractivity contribution in [2.24, 2.45) is 0 Å². The lowest BCUT2D eigenvalue weighted by molar-refractivity contribution is -0.121. The van der Waals surface area contributed by atoms with Crippen LogP contribution in [0.4, 0.5) is 0 Å². The summed E-state index contributed by atoms with van der Waals surface area (Å²) in [6.07, 6.45) is 6.76.